The molecule has 0 aromatic heterocycles. The lowest BCUT2D eigenvalue weighted by Crippen LogP contribution is -2.15. The molecule has 0 radical (unpaired) electrons. The van der Waals surface area contributed by atoms with Gasteiger partial charge in [-0.05, 0) is 42.6 Å². The van der Waals surface area contributed by atoms with E-state index >= 15 is 0 Å². The van der Waals surface area contributed by atoms with Gasteiger partial charge in [-0.25, -0.2) is 0 Å². The first-order valence-electron chi connectivity index (χ1n) is 6.63. The van der Waals surface area contributed by atoms with E-state index in [-0.39, 0.29) is 0 Å². The van der Waals surface area contributed by atoms with E-state index in [1.807, 2.05) is 12.1 Å². The van der Waals surface area contributed by atoms with Crippen molar-refractivity contribution in [3.05, 3.63) is 65.2 Å². The van der Waals surface area contributed by atoms with Crippen LogP contribution in [-0.4, -0.2) is 13.7 Å². The number of rotatable bonds is 5. The van der Waals surface area contributed by atoms with E-state index in [0.29, 0.717) is 12.5 Å². The number of nitrogens with two attached hydrogens (primary N) is 1. The van der Waals surface area contributed by atoms with Crippen LogP contribution in [0.25, 0.3) is 0 Å². The molecule has 0 fully saturated rings. The Bertz CT molecular complexity index is 522. The predicted molar refractivity (Wildman–Crippen MR) is 79.7 cm³/mol. The Morgan fingerprint density at radius 2 is 1.84 bits per heavy atom. The highest BCUT2D eigenvalue weighted by molar-refractivity contribution is 5.38. The molecule has 0 saturated carbocycles. The second-order valence-corrected chi connectivity index (χ2v) is 4.85. The van der Waals surface area contributed by atoms with E-state index in [0.717, 1.165) is 17.7 Å². The lowest BCUT2D eigenvalue weighted by molar-refractivity contribution is 0.411. The summed E-state index contributed by atoms with van der Waals surface area (Å²) in [6.45, 7) is 2.72. The van der Waals surface area contributed by atoms with Gasteiger partial charge in [-0.1, -0.05) is 42.5 Å². The van der Waals surface area contributed by atoms with Crippen LogP contribution in [0.5, 0.6) is 5.75 Å². The van der Waals surface area contributed by atoms with Crippen LogP contribution in [0.1, 0.15) is 22.6 Å². The van der Waals surface area contributed by atoms with Crippen molar-refractivity contribution in [2.24, 2.45) is 5.73 Å². The monoisotopic (exact) mass is 255 g/mol. The predicted octanol–water partition coefficient (Wildman–Crippen LogP) is 3.29. The van der Waals surface area contributed by atoms with Gasteiger partial charge in [0, 0.05) is 5.92 Å². The quantitative estimate of drug-likeness (QED) is 0.889. The number of benzene rings is 2. The zero-order valence-electron chi connectivity index (χ0n) is 11.6. The van der Waals surface area contributed by atoms with Crippen molar-refractivity contribution in [3.63, 3.8) is 0 Å². The highest BCUT2D eigenvalue weighted by Crippen LogP contribution is 2.25. The molecule has 2 aromatic rings. The molecule has 2 nitrogen and oxygen atoms in total. The lowest BCUT2D eigenvalue weighted by atomic mass is 9.91. The number of hydrogen-bond acceptors (Lipinski definition) is 2. The standard InChI is InChI=1S/C17H21NO/c1-13-10-15(8-9-17(13)19-2)16(12-18)11-14-6-4-3-5-7-14/h3-10,16H,11-12,18H2,1-2H3. The zero-order chi connectivity index (χ0) is 13.7. The number of ether oxygens (including phenoxy) is 1. The van der Waals surface area contributed by atoms with Gasteiger partial charge in [-0.3, -0.25) is 0 Å². The molecule has 2 N–H and O–H groups in total. The van der Waals surface area contributed by atoms with E-state index < -0.39 is 0 Å². The van der Waals surface area contributed by atoms with E-state index in [9.17, 15) is 0 Å². The first-order valence-corrected chi connectivity index (χ1v) is 6.63. The summed E-state index contributed by atoms with van der Waals surface area (Å²) in [4.78, 5) is 0. The van der Waals surface area contributed by atoms with Crippen LogP contribution in [0.15, 0.2) is 48.5 Å². The summed E-state index contributed by atoms with van der Waals surface area (Å²) in [7, 11) is 1.70. The molecule has 0 aliphatic carbocycles. The molecule has 0 saturated heterocycles. The second-order valence-electron chi connectivity index (χ2n) is 4.85. The second kappa shape index (κ2) is 6.39. The molecule has 1 atom stereocenters. The molecular formula is C17H21NO. The Kier molecular flexibility index (Phi) is 4.58. The minimum Gasteiger partial charge on any atom is -0.496 e. The molecule has 0 aliphatic heterocycles. The van der Waals surface area contributed by atoms with Gasteiger partial charge in [-0.2, -0.15) is 0 Å². The van der Waals surface area contributed by atoms with Gasteiger partial charge in [0.25, 0.3) is 0 Å². The van der Waals surface area contributed by atoms with Crippen LogP contribution < -0.4 is 10.5 Å². The van der Waals surface area contributed by atoms with Crippen LogP contribution in [0.3, 0.4) is 0 Å². The van der Waals surface area contributed by atoms with Crippen molar-refractivity contribution in [3.8, 4) is 5.75 Å². The minimum atomic E-state index is 0.354. The third-order valence-electron chi connectivity index (χ3n) is 3.50. The molecule has 0 heterocycles. The third-order valence-corrected chi connectivity index (χ3v) is 3.50. The summed E-state index contributed by atoms with van der Waals surface area (Å²) in [5.41, 5.74) is 9.71. The van der Waals surface area contributed by atoms with Gasteiger partial charge in [0.15, 0.2) is 0 Å². The van der Waals surface area contributed by atoms with Gasteiger partial charge < -0.3 is 10.5 Å². The van der Waals surface area contributed by atoms with Crippen molar-refractivity contribution in [2.45, 2.75) is 19.3 Å². The first-order chi connectivity index (χ1) is 9.24. The zero-order valence-corrected chi connectivity index (χ0v) is 11.6. The lowest BCUT2D eigenvalue weighted by Gasteiger charge is -2.17. The minimum absolute atomic E-state index is 0.354. The summed E-state index contributed by atoms with van der Waals surface area (Å²) >= 11 is 0. The topological polar surface area (TPSA) is 35.2 Å². The van der Waals surface area contributed by atoms with Gasteiger partial charge in [0.1, 0.15) is 5.75 Å². The fourth-order valence-electron chi connectivity index (χ4n) is 2.39. The number of hydrogen-bond donors (Lipinski definition) is 1. The van der Waals surface area contributed by atoms with Crippen molar-refractivity contribution >= 4 is 0 Å². The van der Waals surface area contributed by atoms with Crippen molar-refractivity contribution in [1.82, 2.24) is 0 Å². The Hall–Kier alpha value is -1.80. The van der Waals surface area contributed by atoms with E-state index in [1.54, 1.807) is 7.11 Å². The van der Waals surface area contributed by atoms with Gasteiger partial charge in [-0.15, -0.1) is 0 Å². The van der Waals surface area contributed by atoms with E-state index in [2.05, 4.69) is 43.3 Å². The fraction of sp³-hybridized carbons (Fsp3) is 0.294. The molecule has 0 aliphatic rings. The fourth-order valence-corrected chi connectivity index (χ4v) is 2.39. The van der Waals surface area contributed by atoms with Crippen molar-refractivity contribution in [1.29, 1.82) is 0 Å². The van der Waals surface area contributed by atoms with Crippen molar-refractivity contribution < 1.29 is 4.74 Å². The SMILES string of the molecule is COc1ccc(C(CN)Cc2ccccc2)cc1C. The molecule has 1 unspecified atom stereocenters. The molecule has 0 amide bonds. The van der Waals surface area contributed by atoms with Gasteiger partial charge >= 0.3 is 0 Å². The van der Waals surface area contributed by atoms with Crippen LogP contribution in [0.2, 0.25) is 0 Å². The number of aryl methyl sites for hydroxylation is 1. The normalized spacial score (nSPS) is 12.2. The molecule has 0 bridgehead atoms. The Labute approximate surface area is 115 Å². The highest BCUT2D eigenvalue weighted by Gasteiger charge is 2.12. The van der Waals surface area contributed by atoms with E-state index in [4.69, 9.17) is 10.5 Å². The molecule has 2 aromatic carbocycles. The maximum absolute atomic E-state index is 5.94. The number of methoxy groups -OCH3 is 1. The molecular weight excluding hydrogens is 234 g/mol. The maximum Gasteiger partial charge on any atom is 0.121 e. The first kappa shape index (κ1) is 13.6. The smallest absolute Gasteiger partial charge is 0.121 e. The molecule has 100 valence electrons. The molecule has 2 rings (SSSR count). The highest BCUT2D eigenvalue weighted by atomic mass is 16.5. The van der Waals surface area contributed by atoms with Crippen LogP contribution >= 0.6 is 0 Å². The molecule has 19 heavy (non-hydrogen) atoms. The maximum atomic E-state index is 5.94. The Balaban J connectivity index is 2.20. The summed E-state index contributed by atoms with van der Waals surface area (Å²) < 4.78 is 5.30. The van der Waals surface area contributed by atoms with Crippen molar-refractivity contribution in [2.75, 3.05) is 13.7 Å². The van der Waals surface area contributed by atoms with E-state index in [1.165, 1.54) is 11.1 Å². The third kappa shape index (κ3) is 3.36. The van der Waals surface area contributed by atoms with Gasteiger partial charge in [0.2, 0.25) is 0 Å². The van der Waals surface area contributed by atoms with Gasteiger partial charge in [0.05, 0.1) is 7.11 Å². The average Bonchev–Trinajstić information content (AvgIpc) is 2.46. The Morgan fingerprint density at radius 1 is 1.11 bits per heavy atom. The van der Waals surface area contributed by atoms with Crippen LogP contribution in [-0.2, 0) is 6.42 Å². The van der Waals surface area contributed by atoms with Crippen LogP contribution in [0, 0.1) is 6.92 Å². The summed E-state index contributed by atoms with van der Waals surface area (Å²) in [5.74, 6) is 1.28. The summed E-state index contributed by atoms with van der Waals surface area (Å²) in [6, 6.07) is 16.8. The Morgan fingerprint density at radius 3 is 2.42 bits per heavy atom. The van der Waals surface area contributed by atoms with Crippen LogP contribution in [0.4, 0.5) is 0 Å². The largest absolute Gasteiger partial charge is 0.496 e. The summed E-state index contributed by atoms with van der Waals surface area (Å²) in [6.07, 6.45) is 0.975. The molecule has 2 heteroatoms. The average molecular weight is 255 g/mol. The summed E-state index contributed by atoms with van der Waals surface area (Å²) in [5, 5.41) is 0. The molecule has 0 spiro atoms.